The van der Waals surface area contributed by atoms with Crippen molar-refractivity contribution >= 4 is 11.8 Å². The molecule has 1 aromatic heterocycles. The summed E-state index contributed by atoms with van der Waals surface area (Å²) in [5.74, 6) is 2.36. The molecule has 1 aromatic rings. The van der Waals surface area contributed by atoms with Crippen LogP contribution in [-0.4, -0.2) is 41.5 Å². The Labute approximate surface area is 114 Å². The zero-order chi connectivity index (χ0) is 13.6. The van der Waals surface area contributed by atoms with Crippen molar-refractivity contribution in [3.63, 3.8) is 0 Å². The van der Waals surface area contributed by atoms with E-state index in [-0.39, 0.29) is 0 Å². The van der Waals surface area contributed by atoms with Gasteiger partial charge in [0.15, 0.2) is 0 Å². The van der Waals surface area contributed by atoms with Gasteiger partial charge < -0.3 is 15.5 Å². The second-order valence-electron chi connectivity index (χ2n) is 5.88. The van der Waals surface area contributed by atoms with Crippen LogP contribution >= 0.6 is 0 Å². The van der Waals surface area contributed by atoms with E-state index >= 15 is 0 Å². The van der Waals surface area contributed by atoms with Gasteiger partial charge in [0.25, 0.3) is 0 Å². The fourth-order valence-electron chi connectivity index (χ4n) is 2.91. The minimum atomic E-state index is 0.372. The zero-order valence-electron chi connectivity index (χ0n) is 11.8. The van der Waals surface area contributed by atoms with Crippen molar-refractivity contribution in [3.8, 4) is 0 Å². The SMILES string of the molecule is CC(C)c1cc(N2CC3=CN(C)CC3C2)nc(N)n1. The number of rotatable bonds is 2. The monoisotopic (exact) mass is 259 g/mol. The van der Waals surface area contributed by atoms with Crippen molar-refractivity contribution in [2.24, 2.45) is 5.92 Å². The summed E-state index contributed by atoms with van der Waals surface area (Å²) in [6.45, 7) is 7.36. The summed E-state index contributed by atoms with van der Waals surface area (Å²) in [7, 11) is 2.13. The third kappa shape index (κ3) is 2.25. The highest BCUT2D eigenvalue weighted by molar-refractivity contribution is 5.48. The largest absolute Gasteiger partial charge is 0.380 e. The van der Waals surface area contributed by atoms with Crippen molar-refractivity contribution in [2.75, 3.05) is 37.3 Å². The lowest BCUT2D eigenvalue weighted by Crippen LogP contribution is -2.25. The maximum absolute atomic E-state index is 5.83. The van der Waals surface area contributed by atoms with Crippen LogP contribution in [0, 0.1) is 5.92 Å². The second-order valence-corrected chi connectivity index (χ2v) is 5.88. The van der Waals surface area contributed by atoms with E-state index in [4.69, 9.17) is 5.73 Å². The smallest absolute Gasteiger partial charge is 0.222 e. The number of hydrogen-bond donors (Lipinski definition) is 1. The average molecular weight is 259 g/mol. The molecule has 102 valence electrons. The Morgan fingerprint density at radius 1 is 1.32 bits per heavy atom. The molecule has 2 aliphatic rings. The van der Waals surface area contributed by atoms with Crippen molar-refractivity contribution in [1.29, 1.82) is 0 Å². The van der Waals surface area contributed by atoms with Gasteiger partial charge in [0.1, 0.15) is 5.82 Å². The molecule has 1 saturated heterocycles. The molecule has 0 bridgehead atoms. The maximum atomic E-state index is 5.83. The second kappa shape index (κ2) is 4.40. The average Bonchev–Trinajstić information content (AvgIpc) is 2.85. The third-order valence-electron chi connectivity index (χ3n) is 3.90. The van der Waals surface area contributed by atoms with Crippen LogP contribution in [0.1, 0.15) is 25.5 Å². The number of fused-ring (bicyclic) bond motifs is 1. The topological polar surface area (TPSA) is 58.3 Å². The lowest BCUT2D eigenvalue weighted by molar-refractivity contribution is 0.442. The first-order chi connectivity index (χ1) is 9.02. The molecule has 1 fully saturated rings. The fraction of sp³-hybridized carbons (Fsp3) is 0.571. The molecule has 0 amide bonds. The Morgan fingerprint density at radius 3 is 2.79 bits per heavy atom. The van der Waals surface area contributed by atoms with Crippen LogP contribution in [-0.2, 0) is 0 Å². The Kier molecular flexibility index (Phi) is 2.84. The predicted octanol–water partition coefficient (Wildman–Crippen LogP) is 1.45. The summed E-state index contributed by atoms with van der Waals surface area (Å²) < 4.78 is 0. The molecule has 2 N–H and O–H groups in total. The number of nitrogens with two attached hydrogens (primary N) is 1. The van der Waals surface area contributed by atoms with Gasteiger partial charge in [-0.05, 0) is 11.5 Å². The van der Waals surface area contributed by atoms with Crippen LogP contribution in [0.4, 0.5) is 11.8 Å². The summed E-state index contributed by atoms with van der Waals surface area (Å²) in [5.41, 5.74) is 8.36. The molecule has 2 aliphatic heterocycles. The molecule has 1 atom stereocenters. The van der Waals surface area contributed by atoms with E-state index < -0.39 is 0 Å². The first-order valence-electron chi connectivity index (χ1n) is 6.83. The summed E-state index contributed by atoms with van der Waals surface area (Å²) in [4.78, 5) is 13.3. The predicted molar refractivity (Wildman–Crippen MR) is 76.9 cm³/mol. The van der Waals surface area contributed by atoms with Gasteiger partial charge in [0, 0.05) is 44.9 Å². The van der Waals surface area contributed by atoms with Crippen LogP contribution in [0.5, 0.6) is 0 Å². The van der Waals surface area contributed by atoms with E-state index in [1.165, 1.54) is 5.57 Å². The van der Waals surface area contributed by atoms with E-state index in [1.54, 1.807) is 0 Å². The van der Waals surface area contributed by atoms with Crippen molar-refractivity contribution in [3.05, 3.63) is 23.5 Å². The standard InChI is InChI=1S/C14H21N5/c1-9(2)12-4-13(17-14(15)16-12)19-7-10-5-18(3)6-11(10)8-19/h4-5,9,11H,6-8H2,1-3H3,(H2,15,16,17). The summed E-state index contributed by atoms with van der Waals surface area (Å²) >= 11 is 0. The van der Waals surface area contributed by atoms with E-state index in [2.05, 4.69) is 52.9 Å². The molecule has 0 radical (unpaired) electrons. The number of hydrogen-bond acceptors (Lipinski definition) is 5. The molecule has 3 heterocycles. The van der Waals surface area contributed by atoms with Gasteiger partial charge in [0.2, 0.25) is 5.95 Å². The van der Waals surface area contributed by atoms with E-state index in [0.717, 1.165) is 31.1 Å². The summed E-state index contributed by atoms with van der Waals surface area (Å²) in [6, 6.07) is 2.08. The first-order valence-corrected chi connectivity index (χ1v) is 6.83. The lowest BCUT2D eigenvalue weighted by Gasteiger charge is -2.20. The highest BCUT2D eigenvalue weighted by Crippen LogP contribution is 2.32. The van der Waals surface area contributed by atoms with Crippen LogP contribution in [0.2, 0.25) is 0 Å². The Bertz CT molecular complexity index is 523. The Hall–Kier alpha value is -1.78. The molecule has 1 unspecified atom stereocenters. The molecular weight excluding hydrogens is 238 g/mol. The van der Waals surface area contributed by atoms with E-state index in [0.29, 0.717) is 17.8 Å². The molecule has 5 heteroatoms. The Morgan fingerprint density at radius 2 is 2.11 bits per heavy atom. The number of anilines is 2. The van der Waals surface area contributed by atoms with Crippen LogP contribution < -0.4 is 10.6 Å². The van der Waals surface area contributed by atoms with Gasteiger partial charge in [-0.2, -0.15) is 4.98 Å². The molecular formula is C14H21N5. The molecule has 5 nitrogen and oxygen atoms in total. The van der Waals surface area contributed by atoms with Gasteiger partial charge in [-0.3, -0.25) is 0 Å². The van der Waals surface area contributed by atoms with Crippen molar-refractivity contribution < 1.29 is 0 Å². The van der Waals surface area contributed by atoms with Gasteiger partial charge in [-0.1, -0.05) is 13.8 Å². The van der Waals surface area contributed by atoms with Crippen LogP contribution in [0.3, 0.4) is 0 Å². The number of nitrogens with zero attached hydrogens (tertiary/aromatic N) is 4. The number of nitrogen functional groups attached to an aromatic ring is 1. The van der Waals surface area contributed by atoms with Gasteiger partial charge >= 0.3 is 0 Å². The van der Waals surface area contributed by atoms with Gasteiger partial charge in [-0.25, -0.2) is 4.98 Å². The minimum absolute atomic E-state index is 0.372. The highest BCUT2D eigenvalue weighted by atomic mass is 15.3. The van der Waals surface area contributed by atoms with Gasteiger partial charge in [-0.15, -0.1) is 0 Å². The molecule has 0 saturated carbocycles. The quantitative estimate of drug-likeness (QED) is 0.871. The normalized spacial score (nSPS) is 22.1. The molecule has 0 aromatic carbocycles. The first kappa shape index (κ1) is 12.3. The maximum Gasteiger partial charge on any atom is 0.222 e. The van der Waals surface area contributed by atoms with E-state index in [9.17, 15) is 0 Å². The third-order valence-corrected chi connectivity index (χ3v) is 3.90. The van der Waals surface area contributed by atoms with Crippen LogP contribution in [0.15, 0.2) is 17.8 Å². The lowest BCUT2D eigenvalue weighted by atomic mass is 10.1. The number of aromatic nitrogens is 2. The molecule has 19 heavy (non-hydrogen) atoms. The minimum Gasteiger partial charge on any atom is -0.380 e. The van der Waals surface area contributed by atoms with Crippen molar-refractivity contribution in [2.45, 2.75) is 19.8 Å². The zero-order valence-corrected chi connectivity index (χ0v) is 11.8. The molecule has 0 spiro atoms. The van der Waals surface area contributed by atoms with Crippen LogP contribution in [0.25, 0.3) is 0 Å². The summed E-state index contributed by atoms with van der Waals surface area (Å²) in [6.07, 6.45) is 2.26. The van der Waals surface area contributed by atoms with E-state index in [1.807, 2.05) is 0 Å². The van der Waals surface area contributed by atoms with Crippen molar-refractivity contribution in [1.82, 2.24) is 14.9 Å². The molecule has 0 aliphatic carbocycles. The Balaban J connectivity index is 1.86. The fourth-order valence-corrected chi connectivity index (χ4v) is 2.91. The highest BCUT2D eigenvalue weighted by Gasteiger charge is 2.33. The van der Waals surface area contributed by atoms with Gasteiger partial charge in [0.05, 0.1) is 5.69 Å². The summed E-state index contributed by atoms with van der Waals surface area (Å²) in [5, 5.41) is 0. The molecule has 3 rings (SSSR count).